The molecule has 1 aliphatic rings. The summed E-state index contributed by atoms with van der Waals surface area (Å²) < 4.78 is 7.02. The second-order valence-electron chi connectivity index (χ2n) is 5.12. The van der Waals surface area contributed by atoms with Crippen LogP contribution in [0, 0.1) is 3.57 Å². The second-order valence-corrected chi connectivity index (χ2v) is 6.20. The smallest absolute Gasteiger partial charge is 0.162 e. The first-order chi connectivity index (χ1) is 9.10. The molecule has 1 aromatic heterocycles. The maximum absolute atomic E-state index is 5.88. The van der Waals surface area contributed by atoms with E-state index in [0.717, 1.165) is 59.7 Å². The molecule has 0 amide bonds. The number of nitrogens with zero attached hydrogens (tertiary/aromatic N) is 2. The Morgan fingerprint density at radius 2 is 2.16 bits per heavy atom. The highest BCUT2D eigenvalue weighted by Gasteiger charge is 2.35. The summed E-state index contributed by atoms with van der Waals surface area (Å²) in [5, 5.41) is 3.34. The zero-order valence-corrected chi connectivity index (χ0v) is 14.1. The number of hydrogen-bond donors (Lipinski definition) is 1. The van der Waals surface area contributed by atoms with E-state index >= 15 is 0 Å². The van der Waals surface area contributed by atoms with Crippen molar-refractivity contribution in [3.8, 4) is 0 Å². The molecular formula is C14H22IN3O. The molecule has 1 unspecified atom stereocenters. The van der Waals surface area contributed by atoms with Crippen LogP contribution in [0.1, 0.15) is 51.6 Å². The SMILES string of the molecule is CCCc1nc(C2(C)CCCO2)nc(NCC)c1I. The van der Waals surface area contributed by atoms with Gasteiger partial charge >= 0.3 is 0 Å². The molecule has 106 valence electrons. The Morgan fingerprint density at radius 1 is 1.37 bits per heavy atom. The van der Waals surface area contributed by atoms with Crippen molar-refractivity contribution >= 4 is 28.4 Å². The molecule has 1 atom stereocenters. The van der Waals surface area contributed by atoms with Gasteiger partial charge < -0.3 is 10.1 Å². The molecular weight excluding hydrogens is 353 g/mol. The zero-order valence-electron chi connectivity index (χ0n) is 11.9. The lowest BCUT2D eigenvalue weighted by Crippen LogP contribution is -2.25. The van der Waals surface area contributed by atoms with Gasteiger partial charge in [0.05, 0.1) is 9.26 Å². The Kier molecular flexibility index (Phi) is 5.00. The Labute approximate surface area is 128 Å². The molecule has 0 spiro atoms. The van der Waals surface area contributed by atoms with E-state index in [1.165, 1.54) is 0 Å². The predicted molar refractivity (Wildman–Crippen MR) is 85.4 cm³/mol. The van der Waals surface area contributed by atoms with Crippen LogP contribution >= 0.6 is 22.6 Å². The van der Waals surface area contributed by atoms with Gasteiger partial charge in [0.1, 0.15) is 11.4 Å². The molecule has 0 aliphatic carbocycles. The minimum atomic E-state index is -0.309. The summed E-state index contributed by atoms with van der Waals surface area (Å²) in [5.74, 6) is 1.79. The molecule has 0 radical (unpaired) electrons. The summed E-state index contributed by atoms with van der Waals surface area (Å²) in [6, 6.07) is 0. The number of hydrogen-bond acceptors (Lipinski definition) is 4. The van der Waals surface area contributed by atoms with Crippen molar-refractivity contribution in [3.63, 3.8) is 0 Å². The van der Waals surface area contributed by atoms with E-state index in [1.54, 1.807) is 0 Å². The fourth-order valence-electron chi connectivity index (χ4n) is 2.37. The standard InChI is InChI=1S/C14H22IN3O/c1-4-7-10-11(15)12(16-5-2)18-13(17-10)14(3)8-6-9-19-14/h4-9H2,1-3H3,(H,16,17,18). The van der Waals surface area contributed by atoms with Gasteiger partial charge in [-0.1, -0.05) is 13.3 Å². The second kappa shape index (κ2) is 6.35. The molecule has 2 rings (SSSR count). The third kappa shape index (κ3) is 3.18. The molecule has 0 saturated carbocycles. The van der Waals surface area contributed by atoms with Gasteiger partial charge in [-0.3, -0.25) is 0 Å². The topological polar surface area (TPSA) is 47.0 Å². The van der Waals surface area contributed by atoms with Gasteiger partial charge in [0, 0.05) is 13.2 Å². The number of anilines is 1. The van der Waals surface area contributed by atoms with Gasteiger partial charge in [-0.25, -0.2) is 9.97 Å². The van der Waals surface area contributed by atoms with Crippen LogP contribution in [0.2, 0.25) is 0 Å². The summed E-state index contributed by atoms with van der Waals surface area (Å²) in [4.78, 5) is 9.48. The Morgan fingerprint density at radius 3 is 2.74 bits per heavy atom. The Bertz CT molecular complexity index is 417. The highest BCUT2D eigenvalue weighted by molar-refractivity contribution is 14.1. The van der Waals surface area contributed by atoms with Crippen LogP contribution in [-0.4, -0.2) is 23.1 Å². The third-order valence-electron chi connectivity index (χ3n) is 3.44. The number of aromatic nitrogens is 2. The van der Waals surface area contributed by atoms with Crippen molar-refractivity contribution in [2.24, 2.45) is 0 Å². The maximum Gasteiger partial charge on any atom is 0.162 e. The minimum Gasteiger partial charge on any atom is -0.369 e. The summed E-state index contributed by atoms with van der Waals surface area (Å²) in [7, 11) is 0. The molecule has 0 bridgehead atoms. The Balaban J connectivity index is 2.43. The number of rotatable bonds is 5. The molecule has 0 aromatic carbocycles. The number of ether oxygens (including phenoxy) is 1. The summed E-state index contributed by atoms with van der Waals surface area (Å²) >= 11 is 2.34. The van der Waals surface area contributed by atoms with Crippen LogP contribution in [0.4, 0.5) is 5.82 Å². The minimum absolute atomic E-state index is 0.309. The van der Waals surface area contributed by atoms with Crippen LogP contribution in [0.25, 0.3) is 0 Å². The molecule has 1 fully saturated rings. The number of halogens is 1. The monoisotopic (exact) mass is 375 g/mol. The fourth-order valence-corrected chi connectivity index (χ4v) is 3.07. The molecule has 19 heavy (non-hydrogen) atoms. The highest BCUT2D eigenvalue weighted by Crippen LogP contribution is 2.35. The van der Waals surface area contributed by atoms with E-state index < -0.39 is 0 Å². The molecule has 5 heteroatoms. The molecule has 1 N–H and O–H groups in total. The Hall–Kier alpha value is -0.430. The van der Waals surface area contributed by atoms with Crippen LogP contribution in [0.3, 0.4) is 0 Å². The van der Waals surface area contributed by atoms with Crippen molar-refractivity contribution in [2.75, 3.05) is 18.5 Å². The van der Waals surface area contributed by atoms with E-state index in [0.29, 0.717) is 0 Å². The largest absolute Gasteiger partial charge is 0.369 e. The lowest BCUT2D eigenvalue weighted by Gasteiger charge is -2.23. The van der Waals surface area contributed by atoms with Crippen molar-refractivity contribution in [1.29, 1.82) is 0 Å². The van der Waals surface area contributed by atoms with Gasteiger partial charge in [0.2, 0.25) is 0 Å². The first kappa shape index (κ1) is 15.0. The van der Waals surface area contributed by atoms with Gasteiger partial charge in [0.25, 0.3) is 0 Å². The van der Waals surface area contributed by atoms with E-state index in [4.69, 9.17) is 14.7 Å². The zero-order chi connectivity index (χ0) is 13.9. The maximum atomic E-state index is 5.88. The molecule has 2 heterocycles. The molecule has 1 aliphatic heterocycles. The molecule has 4 nitrogen and oxygen atoms in total. The quantitative estimate of drug-likeness (QED) is 0.801. The summed E-state index contributed by atoms with van der Waals surface area (Å²) in [5.41, 5.74) is 0.831. The van der Waals surface area contributed by atoms with Crippen LogP contribution < -0.4 is 5.32 Å². The predicted octanol–water partition coefficient (Wildman–Crippen LogP) is 3.49. The van der Waals surface area contributed by atoms with E-state index in [9.17, 15) is 0 Å². The lowest BCUT2D eigenvalue weighted by molar-refractivity contribution is 0.00923. The first-order valence-corrected chi connectivity index (χ1v) is 8.13. The van der Waals surface area contributed by atoms with Gasteiger partial charge in [0.15, 0.2) is 5.82 Å². The average Bonchev–Trinajstić information content (AvgIpc) is 2.83. The molecule has 1 saturated heterocycles. The van der Waals surface area contributed by atoms with Crippen LogP contribution in [0.15, 0.2) is 0 Å². The van der Waals surface area contributed by atoms with Gasteiger partial charge in [-0.05, 0) is 55.7 Å². The first-order valence-electron chi connectivity index (χ1n) is 7.05. The number of aryl methyl sites for hydroxylation is 1. The van der Waals surface area contributed by atoms with Crippen LogP contribution in [-0.2, 0) is 16.8 Å². The van der Waals surface area contributed by atoms with E-state index in [1.807, 2.05) is 0 Å². The van der Waals surface area contributed by atoms with Crippen molar-refractivity contribution in [2.45, 2.75) is 52.1 Å². The highest BCUT2D eigenvalue weighted by atomic mass is 127. The van der Waals surface area contributed by atoms with E-state index in [-0.39, 0.29) is 5.60 Å². The van der Waals surface area contributed by atoms with Crippen molar-refractivity contribution < 1.29 is 4.74 Å². The van der Waals surface area contributed by atoms with Crippen molar-refractivity contribution in [3.05, 3.63) is 15.1 Å². The summed E-state index contributed by atoms with van der Waals surface area (Å²) in [6.07, 6.45) is 4.17. The van der Waals surface area contributed by atoms with Crippen LogP contribution in [0.5, 0.6) is 0 Å². The van der Waals surface area contributed by atoms with Crippen molar-refractivity contribution in [1.82, 2.24) is 9.97 Å². The average molecular weight is 375 g/mol. The normalized spacial score (nSPS) is 22.7. The molecule has 1 aromatic rings. The van der Waals surface area contributed by atoms with Gasteiger partial charge in [-0.2, -0.15) is 0 Å². The van der Waals surface area contributed by atoms with E-state index in [2.05, 4.69) is 48.7 Å². The van der Waals surface area contributed by atoms with Gasteiger partial charge in [-0.15, -0.1) is 0 Å². The summed E-state index contributed by atoms with van der Waals surface area (Å²) in [6.45, 7) is 8.05. The lowest BCUT2D eigenvalue weighted by atomic mass is 10.0. The number of nitrogens with one attached hydrogen (secondary N) is 1. The fraction of sp³-hybridized carbons (Fsp3) is 0.714. The third-order valence-corrected chi connectivity index (χ3v) is 4.58.